The minimum atomic E-state index is -0.192. The Bertz CT molecular complexity index is 1520. The number of aromatic nitrogens is 1. The number of amides is 2. The Morgan fingerprint density at radius 3 is 2.33 bits per heavy atom. The number of anilines is 2. The van der Waals surface area contributed by atoms with E-state index in [1.165, 1.54) is 12.8 Å². The molecule has 45 heavy (non-hydrogen) atoms. The molecule has 3 unspecified atom stereocenters. The molecular formula is C36H47N7O2. The molecule has 3 atom stereocenters. The Kier molecular flexibility index (Phi) is 9.10. The fourth-order valence-electron chi connectivity index (χ4n) is 6.66. The minimum absolute atomic E-state index is 0.0104. The van der Waals surface area contributed by atoms with Gasteiger partial charge in [-0.15, -0.1) is 0 Å². The average Bonchev–Trinajstić information content (AvgIpc) is 3.56. The van der Waals surface area contributed by atoms with Crippen molar-refractivity contribution in [2.45, 2.75) is 50.9 Å². The van der Waals surface area contributed by atoms with Gasteiger partial charge in [0, 0.05) is 61.3 Å². The molecular weight excluding hydrogens is 562 g/mol. The van der Waals surface area contributed by atoms with Crippen molar-refractivity contribution >= 4 is 23.3 Å². The van der Waals surface area contributed by atoms with Crippen LogP contribution in [0, 0.1) is 12.8 Å². The zero-order chi connectivity index (χ0) is 31.7. The Morgan fingerprint density at radius 2 is 1.64 bits per heavy atom. The lowest BCUT2D eigenvalue weighted by atomic mass is 9.98. The normalized spacial score (nSPS) is 21.5. The molecule has 238 valence electrons. The minimum Gasteiger partial charge on any atom is -0.355 e. The third-order valence-corrected chi connectivity index (χ3v) is 9.79. The van der Waals surface area contributed by atoms with Crippen LogP contribution in [-0.4, -0.2) is 99.2 Å². The summed E-state index contributed by atoms with van der Waals surface area (Å²) in [5, 5.41) is 6.44. The second-order valence-electron chi connectivity index (χ2n) is 13.4. The second kappa shape index (κ2) is 13.2. The van der Waals surface area contributed by atoms with Crippen LogP contribution in [0.4, 0.5) is 11.5 Å². The zero-order valence-electron chi connectivity index (χ0n) is 27.3. The maximum absolute atomic E-state index is 13.8. The lowest BCUT2D eigenvalue weighted by Gasteiger charge is -2.33. The average molecular weight is 610 g/mol. The van der Waals surface area contributed by atoms with Gasteiger partial charge in [0.15, 0.2) is 0 Å². The fourth-order valence-corrected chi connectivity index (χ4v) is 6.66. The summed E-state index contributed by atoms with van der Waals surface area (Å²) in [6.07, 6.45) is 6.01. The molecule has 1 aliphatic carbocycles. The Labute approximate surface area is 267 Å². The van der Waals surface area contributed by atoms with Gasteiger partial charge in [0.2, 0.25) is 0 Å². The molecule has 1 saturated carbocycles. The maximum Gasteiger partial charge on any atom is 0.253 e. The van der Waals surface area contributed by atoms with Crippen molar-refractivity contribution in [2.24, 2.45) is 5.92 Å². The largest absolute Gasteiger partial charge is 0.355 e. The maximum atomic E-state index is 13.8. The number of carbonyl (C=O) groups is 2. The highest BCUT2D eigenvalue weighted by Crippen LogP contribution is 2.33. The SMILES string of the molecule is Cc1ccc(N2CCC(N(C)C)C2NC(=O)c2ccnc(N3CCC(N(C)C)C3)c2)cc1-c1ccc(C(=O)NCC2CC2)cc1. The molecule has 2 aromatic carbocycles. The van der Waals surface area contributed by atoms with E-state index in [1.54, 1.807) is 6.20 Å². The number of rotatable bonds is 10. The van der Waals surface area contributed by atoms with Crippen molar-refractivity contribution in [1.82, 2.24) is 25.4 Å². The van der Waals surface area contributed by atoms with Crippen LogP contribution in [0.1, 0.15) is 52.0 Å². The lowest BCUT2D eigenvalue weighted by Crippen LogP contribution is -2.53. The number of hydrogen-bond donors (Lipinski definition) is 2. The van der Waals surface area contributed by atoms with E-state index >= 15 is 0 Å². The van der Waals surface area contributed by atoms with Gasteiger partial charge in [-0.1, -0.05) is 18.2 Å². The zero-order valence-corrected chi connectivity index (χ0v) is 27.3. The summed E-state index contributed by atoms with van der Waals surface area (Å²) in [5.41, 5.74) is 5.74. The van der Waals surface area contributed by atoms with E-state index in [0.717, 1.165) is 67.2 Å². The standard InChI is InChI=1S/C36H47N7O2/c1-24-6-13-29(21-31(24)26-9-11-27(12-10-26)35(44)38-22-25-7-8-25)43-19-16-32(41(4)5)34(43)39-36(45)28-14-17-37-33(20-28)42-18-15-30(23-42)40(2)3/h6,9-14,17,20-21,25,30,32,34H,7-8,15-16,18-19,22-23H2,1-5H3,(H,38,44)(H,39,45). The van der Waals surface area contributed by atoms with Crippen LogP contribution < -0.4 is 20.4 Å². The van der Waals surface area contributed by atoms with Gasteiger partial charge < -0.3 is 30.2 Å². The summed E-state index contributed by atoms with van der Waals surface area (Å²) in [4.78, 5) is 40.0. The second-order valence-corrected chi connectivity index (χ2v) is 13.4. The monoisotopic (exact) mass is 609 g/mol. The molecule has 2 amide bonds. The summed E-state index contributed by atoms with van der Waals surface area (Å²) in [6.45, 7) is 5.56. The topological polar surface area (TPSA) is 84.1 Å². The highest BCUT2D eigenvalue weighted by atomic mass is 16.2. The first kappa shape index (κ1) is 31.0. The number of aryl methyl sites for hydroxylation is 1. The molecule has 3 heterocycles. The smallest absolute Gasteiger partial charge is 0.253 e. The third kappa shape index (κ3) is 6.99. The van der Waals surface area contributed by atoms with Crippen LogP contribution in [0.15, 0.2) is 60.8 Å². The van der Waals surface area contributed by atoms with E-state index in [2.05, 4.69) is 88.5 Å². The summed E-state index contributed by atoms with van der Waals surface area (Å²) in [5.74, 6) is 1.41. The molecule has 0 radical (unpaired) electrons. The molecule has 0 spiro atoms. The van der Waals surface area contributed by atoms with Crippen molar-refractivity contribution in [1.29, 1.82) is 0 Å². The third-order valence-electron chi connectivity index (χ3n) is 9.79. The van der Waals surface area contributed by atoms with Gasteiger partial charge in [0.25, 0.3) is 11.8 Å². The van der Waals surface area contributed by atoms with E-state index < -0.39 is 0 Å². The van der Waals surface area contributed by atoms with Gasteiger partial charge in [-0.25, -0.2) is 4.98 Å². The summed E-state index contributed by atoms with van der Waals surface area (Å²) in [6, 6.07) is 18.8. The Balaban J connectivity index is 1.19. The van der Waals surface area contributed by atoms with Gasteiger partial charge in [-0.05, 0) is 120 Å². The van der Waals surface area contributed by atoms with Crippen LogP contribution in [0.25, 0.3) is 11.1 Å². The molecule has 2 N–H and O–H groups in total. The van der Waals surface area contributed by atoms with Crippen molar-refractivity contribution in [2.75, 3.05) is 64.2 Å². The quantitative estimate of drug-likeness (QED) is 0.356. The first-order chi connectivity index (χ1) is 21.7. The van der Waals surface area contributed by atoms with Crippen molar-refractivity contribution < 1.29 is 9.59 Å². The van der Waals surface area contributed by atoms with Crippen LogP contribution in [0.5, 0.6) is 0 Å². The molecule has 3 aliphatic rings. The van der Waals surface area contributed by atoms with E-state index in [4.69, 9.17) is 0 Å². The van der Waals surface area contributed by atoms with Crippen molar-refractivity contribution in [3.63, 3.8) is 0 Å². The predicted octanol–water partition coefficient (Wildman–Crippen LogP) is 4.23. The summed E-state index contributed by atoms with van der Waals surface area (Å²) >= 11 is 0. The number of likely N-dealkylation sites (N-methyl/N-ethyl adjacent to an activating group) is 2. The number of benzene rings is 2. The van der Waals surface area contributed by atoms with Gasteiger partial charge in [0.05, 0.1) is 0 Å². The molecule has 3 aromatic rings. The van der Waals surface area contributed by atoms with Gasteiger partial charge >= 0.3 is 0 Å². The van der Waals surface area contributed by atoms with Gasteiger partial charge in [-0.2, -0.15) is 0 Å². The summed E-state index contributed by atoms with van der Waals surface area (Å²) in [7, 11) is 8.39. The molecule has 2 aliphatic heterocycles. The van der Waals surface area contributed by atoms with Crippen LogP contribution in [0.3, 0.4) is 0 Å². The Morgan fingerprint density at radius 1 is 0.867 bits per heavy atom. The van der Waals surface area contributed by atoms with Crippen LogP contribution in [0.2, 0.25) is 0 Å². The number of pyridine rings is 1. The lowest BCUT2D eigenvalue weighted by molar-refractivity contribution is 0.0917. The van der Waals surface area contributed by atoms with Gasteiger partial charge in [-0.3, -0.25) is 9.59 Å². The number of nitrogens with zero attached hydrogens (tertiary/aromatic N) is 5. The van der Waals surface area contributed by atoms with E-state index in [0.29, 0.717) is 23.1 Å². The highest BCUT2D eigenvalue weighted by molar-refractivity contribution is 5.96. The van der Waals surface area contributed by atoms with E-state index in [9.17, 15) is 9.59 Å². The molecule has 3 fully saturated rings. The highest BCUT2D eigenvalue weighted by Gasteiger charge is 2.37. The van der Waals surface area contributed by atoms with E-state index in [-0.39, 0.29) is 24.0 Å². The molecule has 1 aromatic heterocycles. The van der Waals surface area contributed by atoms with Crippen molar-refractivity contribution in [3.8, 4) is 11.1 Å². The number of carbonyl (C=O) groups excluding carboxylic acids is 2. The molecule has 0 bridgehead atoms. The first-order valence-electron chi connectivity index (χ1n) is 16.3. The number of nitrogens with one attached hydrogen (secondary N) is 2. The summed E-state index contributed by atoms with van der Waals surface area (Å²) < 4.78 is 0. The first-order valence-corrected chi connectivity index (χ1v) is 16.3. The fraction of sp³-hybridized carbons (Fsp3) is 0.472. The number of hydrogen-bond acceptors (Lipinski definition) is 7. The molecule has 6 rings (SSSR count). The van der Waals surface area contributed by atoms with Crippen molar-refractivity contribution in [3.05, 3.63) is 77.5 Å². The van der Waals surface area contributed by atoms with Crippen LogP contribution in [-0.2, 0) is 0 Å². The van der Waals surface area contributed by atoms with E-state index in [1.807, 2.05) is 36.4 Å². The molecule has 2 saturated heterocycles. The van der Waals surface area contributed by atoms with Crippen LogP contribution >= 0.6 is 0 Å². The Hall–Kier alpha value is -3.95. The van der Waals surface area contributed by atoms with Gasteiger partial charge in [0.1, 0.15) is 12.0 Å². The molecule has 9 heteroatoms. The predicted molar refractivity (Wildman–Crippen MR) is 181 cm³/mol. The molecule has 9 nitrogen and oxygen atoms in total.